The third-order valence-corrected chi connectivity index (χ3v) is 20.3. The zero-order chi connectivity index (χ0) is 54.7. The number of amides is 1. The maximum absolute atomic E-state index is 13.4. The number of fused-ring (bicyclic) bond motifs is 1. The van der Waals surface area contributed by atoms with Crippen LogP contribution in [0.25, 0.3) is 0 Å². The van der Waals surface area contributed by atoms with Crippen molar-refractivity contribution in [1.82, 2.24) is 5.32 Å². The molecule has 4 aromatic carbocycles. The minimum Gasteiger partial charge on any atom is -0.414 e. The number of hydrogen-bond acceptors (Lipinski definition) is 14. The second-order valence-corrected chi connectivity index (χ2v) is 29.0. The van der Waals surface area contributed by atoms with E-state index in [0.29, 0.717) is 6.61 Å². The van der Waals surface area contributed by atoms with Gasteiger partial charge in [-0.15, -0.1) is 0 Å². The molecule has 0 bridgehead atoms. The van der Waals surface area contributed by atoms with E-state index in [2.05, 4.69) is 39.2 Å². The number of aliphatic hydroxyl groups is 1. The monoisotopic (exact) mass is 1090 g/mol. The van der Waals surface area contributed by atoms with Crippen LogP contribution >= 0.6 is 0 Å². The SMILES string of the molecule is CC(=O)N[C@H]1[C@@H](OCc2ccccc2)O[C@@H]2COC(C)(C)O[C@H]2[C@@H]1C[C@H](O[Si](C)(C)C(C)(C)C)[C@H](C[C@@H]1O[C@@H](C)[C@@H](OCc2ccccc2)[C@@H](OCc2ccccc2)[C@@H]1OCc1ccccc1)[C@@H](O)CCOS(C)(=O)=O. The zero-order valence-electron chi connectivity index (χ0n) is 46.1. The molecule has 0 aromatic heterocycles. The molecule has 7 rings (SSSR count). The van der Waals surface area contributed by atoms with Gasteiger partial charge in [0.2, 0.25) is 5.91 Å². The molecule has 2 N–H and O–H groups in total. The van der Waals surface area contributed by atoms with Crippen molar-refractivity contribution in [2.45, 2.75) is 185 Å². The minimum atomic E-state index is -3.86. The standard InChI is InChI=1S/C59H83NO14SSi/c1-40-53(65-35-42-23-15-11-16-24-42)56(67-37-44-27-19-13-20-28-44)55(66-36-43-25-17-12-18-26-43)50(71-40)33-46(48(62)31-32-70-75(8,63)64)49(74-76(9,10)58(3,4)5)34-47-52(60-41(2)61)57(68-38-45-29-21-14-22-30-45)72-51-39-69-59(6,7)73-54(47)51/h11-30,40,46-57,62H,31-39H2,1-10H3,(H,60,61)/t40-,46+,47+,48-,49-,50-,51+,52+,53+,54-,55+,56+,57-/m0/s1. The van der Waals surface area contributed by atoms with Crippen LogP contribution in [0.5, 0.6) is 0 Å². The second kappa shape index (κ2) is 26.8. The van der Waals surface area contributed by atoms with Crippen LogP contribution in [0.15, 0.2) is 121 Å². The van der Waals surface area contributed by atoms with Crippen LogP contribution in [0.2, 0.25) is 18.1 Å². The number of rotatable bonds is 25. The number of ether oxygens (including phenoxy) is 8. The summed E-state index contributed by atoms with van der Waals surface area (Å²) in [6.45, 7) is 18.9. The van der Waals surface area contributed by atoms with Gasteiger partial charge in [0.25, 0.3) is 10.1 Å². The van der Waals surface area contributed by atoms with Crippen molar-refractivity contribution in [3.05, 3.63) is 144 Å². The topological polar surface area (TPSA) is 176 Å². The summed E-state index contributed by atoms with van der Waals surface area (Å²) in [6.07, 6.45) is -6.05. The van der Waals surface area contributed by atoms with Gasteiger partial charge in [0.1, 0.15) is 24.4 Å². The Kier molecular flexibility index (Phi) is 21.1. The number of hydrogen-bond donors (Lipinski definition) is 2. The molecule has 1 amide bonds. The van der Waals surface area contributed by atoms with Crippen LogP contribution in [0.3, 0.4) is 0 Å². The maximum atomic E-state index is 13.4. The molecule has 0 spiro atoms. The van der Waals surface area contributed by atoms with Gasteiger partial charge >= 0.3 is 0 Å². The molecule has 13 atom stereocenters. The normalized spacial score (nSPS) is 27.2. The van der Waals surface area contributed by atoms with Crippen molar-refractivity contribution < 1.29 is 64.8 Å². The highest BCUT2D eigenvalue weighted by Gasteiger charge is 2.55. The summed E-state index contributed by atoms with van der Waals surface area (Å²) in [6, 6.07) is 38.8. The summed E-state index contributed by atoms with van der Waals surface area (Å²) in [5.74, 6) is -2.59. The Morgan fingerprint density at radius 2 is 1.24 bits per heavy atom. The van der Waals surface area contributed by atoms with E-state index in [1.165, 1.54) is 6.92 Å². The van der Waals surface area contributed by atoms with Gasteiger partial charge in [-0.3, -0.25) is 8.98 Å². The smallest absolute Gasteiger partial charge is 0.264 e. The van der Waals surface area contributed by atoms with Crippen molar-refractivity contribution >= 4 is 24.3 Å². The van der Waals surface area contributed by atoms with Crippen molar-refractivity contribution in [2.24, 2.45) is 11.8 Å². The van der Waals surface area contributed by atoms with E-state index in [1.54, 1.807) is 0 Å². The minimum absolute atomic E-state index is 0.0567. The average Bonchev–Trinajstić information content (AvgIpc) is 3.36. The van der Waals surface area contributed by atoms with Crippen LogP contribution in [0, 0.1) is 11.8 Å². The lowest BCUT2D eigenvalue weighted by molar-refractivity contribution is -0.365. The van der Waals surface area contributed by atoms with Crippen LogP contribution in [0.4, 0.5) is 0 Å². The van der Waals surface area contributed by atoms with E-state index in [4.69, 9.17) is 46.5 Å². The Balaban J connectivity index is 1.33. The van der Waals surface area contributed by atoms with E-state index >= 15 is 0 Å². The summed E-state index contributed by atoms with van der Waals surface area (Å²) in [4.78, 5) is 13.4. The van der Waals surface area contributed by atoms with Gasteiger partial charge in [-0.25, -0.2) is 0 Å². The van der Waals surface area contributed by atoms with Gasteiger partial charge in [0, 0.05) is 18.8 Å². The van der Waals surface area contributed by atoms with Crippen molar-refractivity contribution in [2.75, 3.05) is 19.5 Å². The second-order valence-electron chi connectivity index (χ2n) is 22.6. The van der Waals surface area contributed by atoms with Gasteiger partial charge in [0.15, 0.2) is 20.4 Å². The summed E-state index contributed by atoms with van der Waals surface area (Å²) in [7, 11) is -6.63. The highest BCUT2D eigenvalue weighted by atomic mass is 32.2. The van der Waals surface area contributed by atoms with E-state index in [9.17, 15) is 18.3 Å². The number of nitrogens with one attached hydrogen (secondary N) is 1. The molecule has 0 aliphatic carbocycles. The largest absolute Gasteiger partial charge is 0.414 e. The van der Waals surface area contributed by atoms with Gasteiger partial charge in [0.05, 0.1) is 82.5 Å². The van der Waals surface area contributed by atoms with Crippen molar-refractivity contribution in [1.29, 1.82) is 0 Å². The molecule has 15 nitrogen and oxygen atoms in total. The van der Waals surface area contributed by atoms with Gasteiger partial charge in [-0.05, 0) is 80.4 Å². The summed E-state index contributed by atoms with van der Waals surface area (Å²) in [5, 5.41) is 15.8. The average molecular weight is 1090 g/mol. The van der Waals surface area contributed by atoms with E-state index in [1.807, 2.05) is 142 Å². The lowest BCUT2D eigenvalue weighted by Gasteiger charge is -2.53. The Bertz CT molecular complexity index is 2480. The van der Waals surface area contributed by atoms with Gasteiger partial charge in [-0.1, -0.05) is 142 Å². The Morgan fingerprint density at radius 3 is 1.72 bits per heavy atom. The fraction of sp³-hybridized carbons (Fsp3) is 0.576. The molecular formula is C59H83NO14SSi. The molecule has 3 aliphatic heterocycles. The molecule has 3 aliphatic rings. The molecule has 76 heavy (non-hydrogen) atoms. The van der Waals surface area contributed by atoms with Crippen LogP contribution in [-0.4, -0.2) is 120 Å². The van der Waals surface area contributed by atoms with Crippen LogP contribution in [-0.2, 0) is 87.8 Å². The van der Waals surface area contributed by atoms with E-state index in [-0.39, 0.29) is 63.2 Å². The van der Waals surface area contributed by atoms with E-state index < -0.39 is 103 Å². The molecule has 0 unspecified atom stereocenters. The fourth-order valence-corrected chi connectivity index (χ4v) is 12.0. The predicted molar refractivity (Wildman–Crippen MR) is 291 cm³/mol. The first-order chi connectivity index (χ1) is 36.1. The third kappa shape index (κ3) is 17.0. The summed E-state index contributed by atoms with van der Waals surface area (Å²) >= 11 is 0. The number of benzene rings is 4. The first-order valence-corrected chi connectivity index (χ1v) is 31.5. The summed E-state index contributed by atoms with van der Waals surface area (Å²) in [5.41, 5.74) is 3.82. The van der Waals surface area contributed by atoms with Gasteiger partial charge in [-0.2, -0.15) is 8.42 Å². The maximum Gasteiger partial charge on any atom is 0.264 e. The molecule has 0 saturated carbocycles. The zero-order valence-corrected chi connectivity index (χ0v) is 47.9. The number of aliphatic hydroxyl groups excluding tert-OH is 1. The molecule has 3 heterocycles. The number of carbonyl (C=O) groups excluding carboxylic acids is 1. The molecule has 3 saturated heterocycles. The van der Waals surface area contributed by atoms with Crippen molar-refractivity contribution in [3.8, 4) is 0 Å². The fourth-order valence-electron chi connectivity index (χ4n) is 10.2. The van der Waals surface area contributed by atoms with Crippen molar-refractivity contribution in [3.63, 3.8) is 0 Å². The summed E-state index contributed by atoms with van der Waals surface area (Å²) < 4.78 is 92.3. The quantitative estimate of drug-likeness (QED) is 0.0474. The molecule has 17 heteroatoms. The third-order valence-electron chi connectivity index (χ3n) is 15.2. The Labute approximate surface area is 452 Å². The first-order valence-electron chi connectivity index (χ1n) is 26.8. The van der Waals surface area contributed by atoms with Crippen LogP contribution < -0.4 is 5.32 Å². The number of carbonyl (C=O) groups is 1. The lowest BCUT2D eigenvalue weighted by Crippen LogP contribution is -2.66. The Hall–Kier alpha value is -3.92. The van der Waals surface area contributed by atoms with E-state index in [0.717, 1.165) is 28.5 Å². The highest BCUT2D eigenvalue weighted by molar-refractivity contribution is 7.85. The molecule has 3 fully saturated rings. The highest BCUT2D eigenvalue weighted by Crippen LogP contribution is 2.45. The lowest BCUT2D eigenvalue weighted by atomic mass is 9.76. The predicted octanol–water partition coefficient (Wildman–Crippen LogP) is 9.26. The molecule has 0 radical (unpaired) electrons. The molecule has 4 aromatic rings. The van der Waals surface area contributed by atoms with Crippen LogP contribution in [0.1, 0.15) is 90.0 Å². The van der Waals surface area contributed by atoms with Gasteiger partial charge < -0.3 is 52.7 Å². The molecule has 418 valence electrons. The Morgan fingerprint density at radius 1 is 0.750 bits per heavy atom. The molecular weight excluding hydrogens is 1010 g/mol. The first kappa shape index (κ1) is 59.7.